The maximum absolute atomic E-state index is 14.2. The summed E-state index contributed by atoms with van der Waals surface area (Å²) in [6, 6.07) is 33.0. The summed E-state index contributed by atoms with van der Waals surface area (Å²) in [5.74, 6) is -1.70. The number of hydrogen-bond donors (Lipinski definition) is 1. The number of fused-ring (bicyclic) bond motifs is 1. The average Bonchev–Trinajstić information content (AvgIpc) is 2.96. The van der Waals surface area contributed by atoms with Crippen LogP contribution >= 0.6 is 0 Å². The zero-order valence-corrected chi connectivity index (χ0v) is 21.7. The van der Waals surface area contributed by atoms with Crippen molar-refractivity contribution in [2.75, 3.05) is 0 Å². The quantitative estimate of drug-likeness (QED) is 0.311. The monoisotopic (exact) mass is 503 g/mol. The van der Waals surface area contributed by atoms with Gasteiger partial charge in [-0.25, -0.2) is 4.79 Å². The number of carbonyl (C=O) groups is 2. The van der Waals surface area contributed by atoms with Crippen molar-refractivity contribution in [3.63, 3.8) is 0 Å². The van der Waals surface area contributed by atoms with Gasteiger partial charge in [0.25, 0.3) is 0 Å². The molecule has 0 saturated heterocycles. The van der Waals surface area contributed by atoms with Gasteiger partial charge in [0.15, 0.2) is 0 Å². The average molecular weight is 504 g/mol. The van der Waals surface area contributed by atoms with Gasteiger partial charge in [0, 0.05) is 13.0 Å². The smallest absolute Gasteiger partial charge is 0.326 e. The predicted octanol–water partition coefficient (Wildman–Crippen LogP) is 6.20. The number of nitrogens with zero attached hydrogens (tertiary/aromatic N) is 1. The molecule has 0 bridgehead atoms. The summed E-state index contributed by atoms with van der Waals surface area (Å²) < 4.78 is 0. The Morgan fingerprint density at radius 1 is 0.816 bits per heavy atom. The predicted molar refractivity (Wildman–Crippen MR) is 150 cm³/mol. The molecule has 1 aliphatic rings. The number of carboxylic acid groups (broad SMARTS) is 1. The van der Waals surface area contributed by atoms with Gasteiger partial charge in [0.2, 0.25) is 5.91 Å². The van der Waals surface area contributed by atoms with Gasteiger partial charge in [-0.15, -0.1) is 0 Å². The molecule has 1 atom stereocenters. The highest BCUT2D eigenvalue weighted by Crippen LogP contribution is 2.34. The lowest BCUT2D eigenvalue weighted by Gasteiger charge is -2.38. The molecule has 1 N–H and O–H groups in total. The Labute approximate surface area is 224 Å². The van der Waals surface area contributed by atoms with E-state index in [1.54, 1.807) is 4.90 Å². The first-order chi connectivity index (χ1) is 18.6. The van der Waals surface area contributed by atoms with E-state index in [-0.39, 0.29) is 5.91 Å². The van der Waals surface area contributed by atoms with E-state index < -0.39 is 17.9 Å². The van der Waals surface area contributed by atoms with Crippen LogP contribution in [0.5, 0.6) is 0 Å². The summed E-state index contributed by atoms with van der Waals surface area (Å²) in [5, 5.41) is 10.3. The van der Waals surface area contributed by atoms with E-state index >= 15 is 0 Å². The number of benzene rings is 4. The summed E-state index contributed by atoms with van der Waals surface area (Å²) in [4.78, 5) is 28.4. The molecule has 1 heterocycles. The molecule has 4 aromatic rings. The van der Waals surface area contributed by atoms with E-state index in [1.807, 2.05) is 66.7 Å². The van der Waals surface area contributed by atoms with E-state index in [2.05, 4.69) is 43.3 Å². The van der Waals surface area contributed by atoms with Gasteiger partial charge in [-0.05, 0) is 58.2 Å². The lowest BCUT2D eigenvalue weighted by Crippen LogP contribution is -2.50. The van der Waals surface area contributed by atoms with E-state index in [0.717, 1.165) is 41.5 Å². The molecular weight excluding hydrogens is 470 g/mol. The van der Waals surface area contributed by atoms with Crippen molar-refractivity contribution in [3.8, 4) is 0 Å². The van der Waals surface area contributed by atoms with Crippen LogP contribution in [0.2, 0.25) is 0 Å². The summed E-state index contributed by atoms with van der Waals surface area (Å²) in [7, 11) is 0. The molecule has 5 rings (SSSR count). The van der Waals surface area contributed by atoms with Crippen LogP contribution < -0.4 is 0 Å². The van der Waals surface area contributed by atoms with Crippen molar-refractivity contribution in [1.29, 1.82) is 0 Å². The second-order valence-electron chi connectivity index (χ2n) is 9.96. The maximum atomic E-state index is 14.2. The fraction of sp³-hybridized carbons (Fsp3) is 0.235. The van der Waals surface area contributed by atoms with Crippen LogP contribution in [0.1, 0.15) is 51.8 Å². The van der Waals surface area contributed by atoms with E-state index in [1.165, 1.54) is 16.7 Å². The minimum Gasteiger partial charge on any atom is -0.480 e. The number of amides is 1. The third-order valence-electron chi connectivity index (χ3n) is 7.71. The highest BCUT2D eigenvalue weighted by atomic mass is 16.4. The van der Waals surface area contributed by atoms with Gasteiger partial charge in [0.1, 0.15) is 6.04 Å². The Morgan fingerprint density at radius 3 is 1.95 bits per heavy atom. The van der Waals surface area contributed by atoms with E-state index in [4.69, 9.17) is 0 Å². The van der Waals surface area contributed by atoms with Crippen LogP contribution in [0.15, 0.2) is 103 Å². The van der Waals surface area contributed by atoms with Crippen LogP contribution in [0.25, 0.3) is 0 Å². The second kappa shape index (κ2) is 11.5. The number of aliphatic carboxylic acids is 1. The molecule has 1 amide bonds. The van der Waals surface area contributed by atoms with Crippen LogP contribution in [0.4, 0.5) is 0 Å². The fourth-order valence-electron chi connectivity index (χ4n) is 5.73. The van der Waals surface area contributed by atoms with Crippen molar-refractivity contribution in [3.05, 3.63) is 142 Å². The molecule has 0 saturated carbocycles. The zero-order chi connectivity index (χ0) is 26.5. The molecule has 0 fully saturated rings. The number of hydrogen-bond acceptors (Lipinski definition) is 2. The second-order valence-corrected chi connectivity index (χ2v) is 9.96. The first kappa shape index (κ1) is 25.5. The molecular formula is C34H33NO3. The Hall–Kier alpha value is -4.18. The highest BCUT2D eigenvalue weighted by molar-refractivity contribution is 5.91. The lowest BCUT2D eigenvalue weighted by molar-refractivity contribution is -0.151. The highest BCUT2D eigenvalue weighted by Gasteiger charge is 2.39. The largest absolute Gasteiger partial charge is 0.480 e. The van der Waals surface area contributed by atoms with Gasteiger partial charge in [-0.3, -0.25) is 4.79 Å². The zero-order valence-electron chi connectivity index (χ0n) is 21.7. The van der Waals surface area contributed by atoms with Gasteiger partial charge in [-0.2, -0.15) is 0 Å². The van der Waals surface area contributed by atoms with Crippen molar-refractivity contribution in [1.82, 2.24) is 4.90 Å². The minimum absolute atomic E-state index is 0.175. The fourth-order valence-corrected chi connectivity index (χ4v) is 5.73. The molecule has 0 aromatic heterocycles. The molecule has 4 nitrogen and oxygen atoms in total. The van der Waals surface area contributed by atoms with Crippen molar-refractivity contribution < 1.29 is 14.7 Å². The minimum atomic E-state index is -0.959. The summed E-state index contributed by atoms with van der Waals surface area (Å²) >= 11 is 0. The number of rotatable bonds is 8. The lowest BCUT2D eigenvalue weighted by atomic mass is 9.83. The van der Waals surface area contributed by atoms with Gasteiger partial charge in [0.05, 0.1) is 5.92 Å². The van der Waals surface area contributed by atoms with Crippen LogP contribution in [0.3, 0.4) is 0 Å². The molecule has 0 spiro atoms. The SMILES string of the molecule is CCc1ccc2c(c1CCc1ccccc1)CC(C(=O)O)N(C(=O)C(c1ccccc1)c1ccccc1)C2. The van der Waals surface area contributed by atoms with Crippen LogP contribution in [0, 0.1) is 0 Å². The summed E-state index contributed by atoms with van der Waals surface area (Å²) in [6.07, 6.45) is 2.97. The molecule has 1 aliphatic heterocycles. The van der Waals surface area contributed by atoms with E-state index in [9.17, 15) is 14.7 Å². The molecule has 4 aromatic carbocycles. The molecule has 0 aliphatic carbocycles. The van der Waals surface area contributed by atoms with Gasteiger partial charge < -0.3 is 10.0 Å². The molecule has 38 heavy (non-hydrogen) atoms. The topological polar surface area (TPSA) is 57.6 Å². The van der Waals surface area contributed by atoms with Crippen LogP contribution in [-0.2, 0) is 41.8 Å². The molecule has 192 valence electrons. The molecule has 1 unspecified atom stereocenters. The maximum Gasteiger partial charge on any atom is 0.326 e. The van der Waals surface area contributed by atoms with Crippen LogP contribution in [-0.4, -0.2) is 27.9 Å². The number of carboxylic acids is 1. The number of aryl methyl sites for hydroxylation is 2. The Kier molecular flexibility index (Phi) is 7.69. The van der Waals surface area contributed by atoms with E-state index in [0.29, 0.717) is 13.0 Å². The molecule has 0 radical (unpaired) electrons. The van der Waals surface area contributed by atoms with Crippen molar-refractivity contribution in [2.24, 2.45) is 0 Å². The Bertz CT molecular complexity index is 1360. The Morgan fingerprint density at radius 2 is 1.39 bits per heavy atom. The Balaban J connectivity index is 1.52. The number of carbonyl (C=O) groups excluding carboxylic acids is 1. The van der Waals surface area contributed by atoms with Gasteiger partial charge in [-0.1, -0.05) is 110 Å². The molecule has 4 heteroatoms. The third kappa shape index (κ3) is 5.26. The van der Waals surface area contributed by atoms with Crippen molar-refractivity contribution >= 4 is 11.9 Å². The normalized spacial score (nSPS) is 14.8. The standard InChI is InChI=1S/C34H33NO3/c1-2-25-19-20-28-23-35(33(36)32(26-14-8-4-9-15-26)27-16-10-5-11-17-27)31(34(37)38)22-30(28)29(25)21-18-24-12-6-3-7-13-24/h3-17,19-20,31-32H,2,18,21-23H2,1H3,(H,37,38). The first-order valence-electron chi connectivity index (χ1n) is 13.4. The first-order valence-corrected chi connectivity index (χ1v) is 13.4. The summed E-state index contributed by atoms with van der Waals surface area (Å²) in [6.45, 7) is 2.44. The third-order valence-corrected chi connectivity index (χ3v) is 7.71. The van der Waals surface area contributed by atoms with Crippen molar-refractivity contribution in [2.45, 2.75) is 51.1 Å². The summed E-state index contributed by atoms with van der Waals surface area (Å²) in [5.41, 5.74) is 7.66. The van der Waals surface area contributed by atoms with Gasteiger partial charge >= 0.3 is 5.97 Å².